The molecule has 1 rings (SSSR count). The Morgan fingerprint density at radius 1 is 1.52 bits per heavy atom. The standard InChI is InChI=1S/C15H20N2O3S/c1-11(7-9-21-3)17(2)15(20)13-6-8-16-10-12(13)4-5-14(18)19/h4-6,8,10-11H,7,9H2,1-3H3,(H,18,19)/b5-4+. The van der Waals surface area contributed by atoms with Gasteiger partial charge in [0.2, 0.25) is 0 Å². The van der Waals surface area contributed by atoms with Crippen LogP contribution >= 0.6 is 11.8 Å². The average Bonchev–Trinajstić information content (AvgIpc) is 2.49. The number of carbonyl (C=O) groups is 2. The van der Waals surface area contributed by atoms with Crippen LogP contribution in [-0.4, -0.2) is 52.0 Å². The van der Waals surface area contributed by atoms with Gasteiger partial charge in [-0.15, -0.1) is 0 Å². The summed E-state index contributed by atoms with van der Waals surface area (Å²) in [5, 5.41) is 8.69. The van der Waals surface area contributed by atoms with Crippen LogP contribution in [0.1, 0.15) is 29.3 Å². The Bertz CT molecular complexity index is 531. The number of carboxylic acid groups (broad SMARTS) is 1. The van der Waals surface area contributed by atoms with E-state index in [2.05, 4.69) is 4.98 Å². The molecule has 114 valence electrons. The monoisotopic (exact) mass is 308 g/mol. The maximum atomic E-state index is 12.5. The van der Waals surface area contributed by atoms with Crippen molar-refractivity contribution in [3.05, 3.63) is 35.7 Å². The van der Waals surface area contributed by atoms with Crippen molar-refractivity contribution < 1.29 is 14.7 Å². The smallest absolute Gasteiger partial charge is 0.328 e. The number of aliphatic carboxylic acids is 1. The Balaban J connectivity index is 2.94. The van der Waals surface area contributed by atoms with Crippen molar-refractivity contribution in [1.29, 1.82) is 0 Å². The summed E-state index contributed by atoms with van der Waals surface area (Å²) >= 11 is 1.74. The lowest BCUT2D eigenvalue weighted by Gasteiger charge is -2.25. The van der Waals surface area contributed by atoms with Gasteiger partial charge in [0.05, 0.1) is 0 Å². The highest BCUT2D eigenvalue weighted by Crippen LogP contribution is 2.15. The highest BCUT2D eigenvalue weighted by Gasteiger charge is 2.19. The summed E-state index contributed by atoms with van der Waals surface area (Å²) in [4.78, 5) is 28.8. The molecule has 1 amide bonds. The van der Waals surface area contributed by atoms with Gasteiger partial charge >= 0.3 is 5.97 Å². The average molecular weight is 308 g/mol. The minimum Gasteiger partial charge on any atom is -0.478 e. The number of carboxylic acids is 1. The predicted molar refractivity (Wildman–Crippen MR) is 85.5 cm³/mol. The predicted octanol–water partition coefficient (Wildman–Crippen LogP) is 2.39. The van der Waals surface area contributed by atoms with Crippen molar-refractivity contribution in [2.24, 2.45) is 0 Å². The minimum absolute atomic E-state index is 0.120. The lowest BCUT2D eigenvalue weighted by atomic mass is 10.1. The molecule has 1 aromatic heterocycles. The number of hydrogen-bond donors (Lipinski definition) is 1. The van der Waals surface area contributed by atoms with E-state index in [0.29, 0.717) is 11.1 Å². The topological polar surface area (TPSA) is 70.5 Å². The number of amides is 1. The van der Waals surface area contributed by atoms with Crippen molar-refractivity contribution >= 4 is 29.7 Å². The van der Waals surface area contributed by atoms with E-state index in [1.165, 1.54) is 18.5 Å². The summed E-state index contributed by atoms with van der Waals surface area (Å²) in [7, 11) is 1.76. The van der Waals surface area contributed by atoms with Crippen LogP contribution in [-0.2, 0) is 4.79 Å². The number of pyridine rings is 1. The van der Waals surface area contributed by atoms with E-state index >= 15 is 0 Å². The van der Waals surface area contributed by atoms with Gasteiger partial charge in [-0.2, -0.15) is 11.8 Å². The minimum atomic E-state index is -1.06. The zero-order valence-corrected chi connectivity index (χ0v) is 13.3. The first kappa shape index (κ1) is 17.2. The first-order chi connectivity index (χ1) is 9.97. The van der Waals surface area contributed by atoms with Crippen LogP contribution in [0, 0.1) is 0 Å². The third-order valence-electron chi connectivity index (χ3n) is 3.21. The van der Waals surface area contributed by atoms with Gasteiger partial charge in [0, 0.05) is 42.7 Å². The van der Waals surface area contributed by atoms with Crippen molar-refractivity contribution in [1.82, 2.24) is 9.88 Å². The van der Waals surface area contributed by atoms with Gasteiger partial charge in [-0.25, -0.2) is 4.79 Å². The maximum Gasteiger partial charge on any atom is 0.328 e. The molecule has 5 nitrogen and oxygen atoms in total. The Morgan fingerprint density at radius 3 is 2.86 bits per heavy atom. The molecule has 0 radical (unpaired) electrons. The summed E-state index contributed by atoms with van der Waals surface area (Å²) in [5.74, 6) is -0.198. The van der Waals surface area contributed by atoms with Crippen LogP contribution in [0.2, 0.25) is 0 Å². The highest BCUT2D eigenvalue weighted by molar-refractivity contribution is 7.98. The second kappa shape index (κ2) is 8.46. The number of aromatic nitrogens is 1. The molecule has 1 aromatic rings. The molecule has 1 heterocycles. The molecule has 0 saturated heterocycles. The molecule has 21 heavy (non-hydrogen) atoms. The van der Waals surface area contributed by atoms with E-state index in [0.717, 1.165) is 18.2 Å². The van der Waals surface area contributed by atoms with Crippen LogP contribution < -0.4 is 0 Å². The third-order valence-corrected chi connectivity index (χ3v) is 3.85. The molecule has 0 bridgehead atoms. The fraction of sp³-hybridized carbons (Fsp3) is 0.400. The lowest BCUT2D eigenvalue weighted by Crippen LogP contribution is -2.35. The third kappa shape index (κ3) is 5.23. The van der Waals surface area contributed by atoms with Gasteiger partial charge in [0.25, 0.3) is 5.91 Å². The summed E-state index contributed by atoms with van der Waals surface area (Å²) < 4.78 is 0. The zero-order chi connectivity index (χ0) is 15.8. The van der Waals surface area contributed by atoms with E-state index in [9.17, 15) is 9.59 Å². The molecule has 0 aromatic carbocycles. The van der Waals surface area contributed by atoms with Crippen molar-refractivity contribution in [2.45, 2.75) is 19.4 Å². The number of rotatable bonds is 7. The number of nitrogens with zero attached hydrogens (tertiary/aromatic N) is 2. The Labute approximate surface area is 129 Å². The van der Waals surface area contributed by atoms with Gasteiger partial charge in [0.1, 0.15) is 0 Å². The van der Waals surface area contributed by atoms with Crippen LogP contribution in [0.15, 0.2) is 24.5 Å². The number of hydrogen-bond acceptors (Lipinski definition) is 4. The van der Waals surface area contributed by atoms with Gasteiger partial charge in [-0.3, -0.25) is 9.78 Å². The fourth-order valence-electron chi connectivity index (χ4n) is 1.77. The zero-order valence-electron chi connectivity index (χ0n) is 12.4. The maximum absolute atomic E-state index is 12.5. The molecule has 0 aliphatic heterocycles. The van der Waals surface area contributed by atoms with Crippen LogP contribution in [0.4, 0.5) is 0 Å². The number of thioether (sulfide) groups is 1. The molecule has 0 saturated carbocycles. The summed E-state index contributed by atoms with van der Waals surface area (Å²) in [5.41, 5.74) is 0.967. The molecule has 1 atom stereocenters. The van der Waals surface area contributed by atoms with Crippen molar-refractivity contribution in [3.63, 3.8) is 0 Å². The van der Waals surface area contributed by atoms with E-state index in [1.807, 2.05) is 13.2 Å². The molecule has 0 fully saturated rings. The van der Waals surface area contributed by atoms with Crippen molar-refractivity contribution in [2.75, 3.05) is 19.1 Å². The van der Waals surface area contributed by atoms with Gasteiger partial charge < -0.3 is 10.0 Å². The van der Waals surface area contributed by atoms with E-state index in [4.69, 9.17) is 5.11 Å². The van der Waals surface area contributed by atoms with Gasteiger partial charge in [-0.05, 0) is 37.5 Å². The van der Waals surface area contributed by atoms with E-state index in [1.54, 1.807) is 29.8 Å². The normalized spacial score (nSPS) is 12.3. The van der Waals surface area contributed by atoms with E-state index in [-0.39, 0.29) is 11.9 Å². The summed E-state index contributed by atoms with van der Waals surface area (Å²) in [6.45, 7) is 2.00. The van der Waals surface area contributed by atoms with Crippen LogP contribution in [0.5, 0.6) is 0 Å². The highest BCUT2D eigenvalue weighted by atomic mass is 32.2. The molecule has 1 N–H and O–H groups in total. The fourth-order valence-corrected chi connectivity index (χ4v) is 2.34. The first-order valence-corrected chi connectivity index (χ1v) is 7.98. The molecule has 1 unspecified atom stereocenters. The Hall–Kier alpha value is -1.82. The van der Waals surface area contributed by atoms with Crippen LogP contribution in [0.25, 0.3) is 6.08 Å². The quantitative estimate of drug-likeness (QED) is 0.783. The molecule has 6 heteroatoms. The molecule has 0 spiro atoms. The Kier molecular flexibility index (Phi) is 6.94. The molecule has 0 aliphatic carbocycles. The van der Waals surface area contributed by atoms with Crippen LogP contribution in [0.3, 0.4) is 0 Å². The molecular formula is C15H20N2O3S. The second-order valence-corrected chi connectivity index (χ2v) is 5.67. The van der Waals surface area contributed by atoms with E-state index < -0.39 is 5.97 Å². The molecule has 0 aliphatic rings. The summed E-state index contributed by atoms with van der Waals surface area (Å²) in [6.07, 6.45) is 8.37. The first-order valence-electron chi connectivity index (χ1n) is 6.58. The van der Waals surface area contributed by atoms with Crippen molar-refractivity contribution in [3.8, 4) is 0 Å². The van der Waals surface area contributed by atoms with Gasteiger partial charge in [-0.1, -0.05) is 0 Å². The second-order valence-electron chi connectivity index (χ2n) is 4.68. The SMILES string of the molecule is CSCCC(C)N(C)C(=O)c1ccncc1/C=C/C(=O)O. The Morgan fingerprint density at radius 2 is 2.24 bits per heavy atom. The molecular weight excluding hydrogens is 288 g/mol. The number of carbonyl (C=O) groups excluding carboxylic acids is 1. The largest absolute Gasteiger partial charge is 0.478 e. The van der Waals surface area contributed by atoms with Gasteiger partial charge in [0.15, 0.2) is 0 Å². The summed E-state index contributed by atoms with van der Waals surface area (Å²) in [6, 6.07) is 1.73. The lowest BCUT2D eigenvalue weighted by molar-refractivity contribution is -0.131.